The standard InChI is InChI=1S/C18H17F4N3O2/c19-13-3-5-14(6-4-13)24-8-10-25(11-9-24)17(26)15-2-1-7-23-16(15)27-12-18(20,21)22/h1-7H,8-12H2. The first-order valence-corrected chi connectivity index (χ1v) is 8.28. The molecule has 0 N–H and O–H groups in total. The van der Waals surface area contributed by atoms with Gasteiger partial charge in [0.05, 0.1) is 0 Å². The first kappa shape index (κ1) is 18.9. The second-order valence-electron chi connectivity index (χ2n) is 6.02. The van der Waals surface area contributed by atoms with Gasteiger partial charge in [-0.25, -0.2) is 9.37 Å². The molecule has 0 bridgehead atoms. The lowest BCUT2D eigenvalue weighted by Crippen LogP contribution is -2.48. The van der Waals surface area contributed by atoms with Crippen LogP contribution in [-0.2, 0) is 0 Å². The van der Waals surface area contributed by atoms with E-state index in [2.05, 4.69) is 9.72 Å². The average molecular weight is 383 g/mol. The van der Waals surface area contributed by atoms with Crippen LogP contribution in [0, 0.1) is 5.82 Å². The van der Waals surface area contributed by atoms with Crippen molar-refractivity contribution >= 4 is 11.6 Å². The van der Waals surface area contributed by atoms with Crippen molar-refractivity contribution in [2.45, 2.75) is 6.18 Å². The number of amides is 1. The molecule has 1 fully saturated rings. The van der Waals surface area contributed by atoms with E-state index in [1.807, 2.05) is 4.90 Å². The third-order valence-electron chi connectivity index (χ3n) is 4.13. The predicted molar refractivity (Wildman–Crippen MR) is 90.3 cm³/mol. The van der Waals surface area contributed by atoms with Crippen molar-refractivity contribution in [1.82, 2.24) is 9.88 Å². The van der Waals surface area contributed by atoms with Gasteiger partial charge < -0.3 is 14.5 Å². The molecule has 1 saturated heterocycles. The Balaban J connectivity index is 1.65. The number of hydrogen-bond acceptors (Lipinski definition) is 4. The summed E-state index contributed by atoms with van der Waals surface area (Å²) in [4.78, 5) is 20.0. The number of aromatic nitrogens is 1. The van der Waals surface area contributed by atoms with Crippen molar-refractivity contribution in [2.24, 2.45) is 0 Å². The number of carbonyl (C=O) groups excluding carboxylic acids is 1. The Morgan fingerprint density at radius 1 is 1.07 bits per heavy atom. The van der Waals surface area contributed by atoms with E-state index in [1.54, 1.807) is 12.1 Å². The molecule has 1 aromatic carbocycles. The summed E-state index contributed by atoms with van der Waals surface area (Å²) in [6, 6.07) is 8.93. The van der Waals surface area contributed by atoms with Crippen molar-refractivity contribution < 1.29 is 27.1 Å². The molecule has 1 amide bonds. The lowest BCUT2D eigenvalue weighted by Gasteiger charge is -2.36. The van der Waals surface area contributed by atoms with Crippen LogP contribution in [0.4, 0.5) is 23.2 Å². The van der Waals surface area contributed by atoms with Gasteiger partial charge in [0.25, 0.3) is 5.91 Å². The second-order valence-corrected chi connectivity index (χ2v) is 6.02. The largest absolute Gasteiger partial charge is 0.467 e. The van der Waals surface area contributed by atoms with Crippen molar-refractivity contribution in [3.63, 3.8) is 0 Å². The molecular weight excluding hydrogens is 366 g/mol. The summed E-state index contributed by atoms with van der Waals surface area (Å²) in [6.45, 7) is 0.295. The molecule has 0 aliphatic carbocycles. The predicted octanol–water partition coefficient (Wildman–Crippen LogP) is 3.12. The Labute approximate surface area is 153 Å². The van der Waals surface area contributed by atoms with Crippen molar-refractivity contribution in [3.8, 4) is 5.88 Å². The summed E-state index contributed by atoms with van der Waals surface area (Å²) in [7, 11) is 0. The maximum absolute atomic E-state index is 13.0. The van der Waals surface area contributed by atoms with Crippen molar-refractivity contribution in [3.05, 3.63) is 54.0 Å². The molecular formula is C18H17F4N3O2. The third kappa shape index (κ3) is 4.87. The van der Waals surface area contributed by atoms with E-state index in [4.69, 9.17) is 0 Å². The van der Waals surface area contributed by atoms with Crippen molar-refractivity contribution in [1.29, 1.82) is 0 Å². The van der Waals surface area contributed by atoms with Gasteiger partial charge >= 0.3 is 6.18 Å². The van der Waals surface area contributed by atoms with Gasteiger partial charge in [-0.2, -0.15) is 13.2 Å². The number of hydrogen-bond donors (Lipinski definition) is 0. The fourth-order valence-electron chi connectivity index (χ4n) is 2.81. The molecule has 144 valence electrons. The van der Waals surface area contributed by atoms with Gasteiger partial charge in [0.15, 0.2) is 6.61 Å². The smallest absolute Gasteiger partial charge is 0.422 e. The first-order chi connectivity index (χ1) is 12.8. The second kappa shape index (κ2) is 7.81. The summed E-state index contributed by atoms with van der Waals surface area (Å²) in [5, 5.41) is 0. The number of ether oxygens (including phenoxy) is 1. The van der Waals surface area contributed by atoms with Gasteiger partial charge in [-0.15, -0.1) is 0 Å². The monoisotopic (exact) mass is 383 g/mol. The lowest BCUT2D eigenvalue weighted by atomic mass is 10.2. The highest BCUT2D eigenvalue weighted by molar-refractivity contribution is 5.96. The summed E-state index contributed by atoms with van der Waals surface area (Å²) >= 11 is 0. The van der Waals surface area contributed by atoms with Crippen LogP contribution >= 0.6 is 0 Å². The maximum Gasteiger partial charge on any atom is 0.422 e. The number of pyridine rings is 1. The number of piperazine rings is 1. The van der Waals surface area contributed by atoms with Gasteiger partial charge in [0, 0.05) is 38.1 Å². The van der Waals surface area contributed by atoms with E-state index in [1.165, 1.54) is 35.4 Å². The van der Waals surface area contributed by atoms with E-state index in [9.17, 15) is 22.4 Å². The number of alkyl halides is 3. The highest BCUT2D eigenvalue weighted by Gasteiger charge is 2.30. The molecule has 0 atom stereocenters. The molecule has 5 nitrogen and oxygen atoms in total. The Morgan fingerprint density at radius 3 is 2.37 bits per heavy atom. The van der Waals surface area contributed by atoms with Gasteiger partial charge in [-0.1, -0.05) is 0 Å². The van der Waals surface area contributed by atoms with Gasteiger partial charge in [0.2, 0.25) is 5.88 Å². The normalized spacial score (nSPS) is 15.0. The number of nitrogens with zero attached hydrogens (tertiary/aromatic N) is 3. The lowest BCUT2D eigenvalue weighted by molar-refractivity contribution is -0.154. The number of anilines is 1. The first-order valence-electron chi connectivity index (χ1n) is 8.28. The fraction of sp³-hybridized carbons (Fsp3) is 0.333. The van der Waals surface area contributed by atoms with E-state index < -0.39 is 18.7 Å². The number of halogens is 4. The minimum absolute atomic E-state index is 0.00279. The Hall–Kier alpha value is -2.84. The van der Waals surface area contributed by atoms with Crippen LogP contribution in [-0.4, -0.2) is 54.8 Å². The summed E-state index contributed by atoms with van der Waals surface area (Å²) in [5.74, 6) is -1.09. The number of benzene rings is 1. The molecule has 3 rings (SSSR count). The zero-order valence-electron chi connectivity index (χ0n) is 14.2. The maximum atomic E-state index is 13.0. The average Bonchev–Trinajstić information content (AvgIpc) is 2.66. The molecule has 9 heteroatoms. The van der Waals surface area contributed by atoms with E-state index in [0.29, 0.717) is 26.2 Å². The van der Waals surface area contributed by atoms with Crippen LogP contribution in [0.25, 0.3) is 0 Å². The molecule has 2 heterocycles. The molecule has 0 unspecified atom stereocenters. The minimum atomic E-state index is -4.52. The van der Waals surface area contributed by atoms with Gasteiger partial charge in [-0.05, 0) is 36.4 Å². The molecule has 0 radical (unpaired) electrons. The quantitative estimate of drug-likeness (QED) is 0.761. The van der Waals surface area contributed by atoms with E-state index in [0.717, 1.165) is 5.69 Å². The summed E-state index contributed by atoms with van der Waals surface area (Å²) < 4.78 is 54.9. The molecule has 0 spiro atoms. The Morgan fingerprint density at radius 2 is 1.74 bits per heavy atom. The fourth-order valence-corrected chi connectivity index (χ4v) is 2.81. The highest BCUT2D eigenvalue weighted by atomic mass is 19.4. The minimum Gasteiger partial charge on any atom is -0.467 e. The zero-order valence-corrected chi connectivity index (χ0v) is 14.2. The van der Waals surface area contributed by atoms with Crippen LogP contribution in [0.1, 0.15) is 10.4 Å². The summed E-state index contributed by atoms with van der Waals surface area (Å²) in [6.07, 6.45) is -3.24. The SMILES string of the molecule is O=C(c1cccnc1OCC(F)(F)F)N1CCN(c2ccc(F)cc2)CC1. The molecule has 1 aliphatic rings. The number of carbonyl (C=O) groups is 1. The Bertz CT molecular complexity index is 788. The van der Waals surface area contributed by atoms with Crippen LogP contribution in [0.2, 0.25) is 0 Å². The van der Waals surface area contributed by atoms with E-state index in [-0.39, 0.29) is 17.3 Å². The van der Waals surface area contributed by atoms with Gasteiger partial charge in [-0.3, -0.25) is 4.79 Å². The number of rotatable bonds is 4. The highest BCUT2D eigenvalue weighted by Crippen LogP contribution is 2.23. The molecule has 2 aromatic rings. The molecule has 0 saturated carbocycles. The van der Waals surface area contributed by atoms with Crippen LogP contribution in [0.5, 0.6) is 5.88 Å². The topological polar surface area (TPSA) is 45.7 Å². The third-order valence-corrected chi connectivity index (χ3v) is 4.13. The Kier molecular flexibility index (Phi) is 5.48. The summed E-state index contributed by atoms with van der Waals surface area (Å²) in [5.41, 5.74) is 0.844. The van der Waals surface area contributed by atoms with E-state index >= 15 is 0 Å². The molecule has 1 aliphatic heterocycles. The molecule has 1 aromatic heterocycles. The van der Waals surface area contributed by atoms with Crippen LogP contribution in [0.3, 0.4) is 0 Å². The van der Waals surface area contributed by atoms with Crippen molar-refractivity contribution in [2.75, 3.05) is 37.7 Å². The van der Waals surface area contributed by atoms with Crippen LogP contribution in [0.15, 0.2) is 42.6 Å². The van der Waals surface area contributed by atoms with Gasteiger partial charge in [0.1, 0.15) is 11.4 Å². The molecule has 27 heavy (non-hydrogen) atoms. The van der Waals surface area contributed by atoms with Crippen LogP contribution < -0.4 is 9.64 Å². The zero-order chi connectivity index (χ0) is 19.4.